The Kier molecular flexibility index (Phi) is 6.24. The Morgan fingerprint density at radius 1 is 0.500 bits per heavy atom. The zero-order valence-electron chi connectivity index (χ0n) is 10.9. The van der Waals surface area contributed by atoms with E-state index in [1.54, 1.807) is 4.74 Å². The SMILES string of the molecule is FC(F)=C(F)C(F)(F)OC(F)(F)C(F)(F)OC(F)(F)C(F)(F)C(F)(F)F. The van der Waals surface area contributed by atoms with Gasteiger partial charge in [0.25, 0.3) is 5.83 Å². The van der Waals surface area contributed by atoms with Gasteiger partial charge in [0.1, 0.15) is 0 Å². The van der Waals surface area contributed by atoms with E-state index in [1.165, 1.54) is 4.74 Å². The molecule has 0 aromatic carbocycles. The van der Waals surface area contributed by atoms with E-state index in [1.807, 2.05) is 0 Å². The van der Waals surface area contributed by atoms with Crippen LogP contribution in [0.5, 0.6) is 0 Å². The molecule has 0 aromatic heterocycles. The molecular formula is C8F16O2. The Morgan fingerprint density at radius 2 is 0.846 bits per heavy atom. The van der Waals surface area contributed by atoms with Crippen molar-refractivity contribution in [3.05, 3.63) is 11.9 Å². The Balaban J connectivity index is 5.78. The van der Waals surface area contributed by atoms with Crippen molar-refractivity contribution in [1.82, 2.24) is 0 Å². The van der Waals surface area contributed by atoms with Gasteiger partial charge in [-0.3, -0.25) is 0 Å². The van der Waals surface area contributed by atoms with Crippen molar-refractivity contribution in [2.75, 3.05) is 0 Å². The zero-order chi connectivity index (χ0) is 21.6. The number of hydrogen-bond acceptors (Lipinski definition) is 2. The maximum atomic E-state index is 12.7. The number of halogens is 16. The molecule has 0 aliphatic carbocycles. The Bertz CT molecular complexity index is 541. The summed E-state index contributed by atoms with van der Waals surface area (Å²) in [6, 6.07) is 0. The van der Waals surface area contributed by atoms with Crippen LogP contribution in [0.2, 0.25) is 0 Å². The van der Waals surface area contributed by atoms with Crippen LogP contribution in [0.15, 0.2) is 11.9 Å². The minimum atomic E-state index is -7.54. The highest BCUT2D eigenvalue weighted by Gasteiger charge is 2.79. The molecule has 0 aromatic rings. The Labute approximate surface area is 129 Å². The first-order valence-corrected chi connectivity index (χ1v) is 5.09. The fraction of sp³-hybridized carbons (Fsp3) is 0.750. The second-order valence-corrected chi connectivity index (χ2v) is 3.92. The minimum Gasteiger partial charge on any atom is -0.243 e. The van der Waals surface area contributed by atoms with E-state index in [0.29, 0.717) is 0 Å². The van der Waals surface area contributed by atoms with E-state index in [-0.39, 0.29) is 0 Å². The molecule has 0 atom stereocenters. The van der Waals surface area contributed by atoms with E-state index in [4.69, 9.17) is 0 Å². The summed E-state index contributed by atoms with van der Waals surface area (Å²) in [6.07, 6.45) is -40.3. The summed E-state index contributed by atoms with van der Waals surface area (Å²) in [4.78, 5) is 0. The number of alkyl halides is 13. The molecule has 0 saturated carbocycles. The van der Waals surface area contributed by atoms with Crippen LogP contribution in [0.25, 0.3) is 0 Å². The van der Waals surface area contributed by atoms with Gasteiger partial charge in [-0.2, -0.15) is 70.2 Å². The molecule has 0 amide bonds. The first kappa shape index (κ1) is 24.5. The summed E-state index contributed by atoms with van der Waals surface area (Å²) in [5.41, 5.74) is 0. The summed E-state index contributed by atoms with van der Waals surface area (Å²) in [5, 5.41) is 0. The monoisotopic (exact) mass is 432 g/mol. The molecule has 2 nitrogen and oxygen atoms in total. The van der Waals surface area contributed by atoms with Crippen LogP contribution in [-0.2, 0) is 9.47 Å². The van der Waals surface area contributed by atoms with E-state index in [9.17, 15) is 70.2 Å². The van der Waals surface area contributed by atoms with Crippen LogP contribution in [0.4, 0.5) is 70.2 Å². The van der Waals surface area contributed by atoms with Crippen molar-refractivity contribution in [3.8, 4) is 0 Å². The summed E-state index contributed by atoms with van der Waals surface area (Å²) >= 11 is 0. The third kappa shape index (κ3) is 4.63. The highest BCUT2D eigenvalue weighted by atomic mass is 19.4. The van der Waals surface area contributed by atoms with Crippen LogP contribution in [-0.4, -0.2) is 36.5 Å². The second-order valence-electron chi connectivity index (χ2n) is 3.92. The van der Waals surface area contributed by atoms with Crippen molar-refractivity contribution in [2.45, 2.75) is 36.5 Å². The molecule has 0 rings (SSSR count). The van der Waals surface area contributed by atoms with Crippen molar-refractivity contribution >= 4 is 0 Å². The van der Waals surface area contributed by atoms with Gasteiger partial charge in [0.2, 0.25) is 0 Å². The van der Waals surface area contributed by atoms with E-state index in [0.717, 1.165) is 0 Å². The fourth-order valence-electron chi connectivity index (χ4n) is 0.825. The molecule has 156 valence electrons. The molecule has 0 unspecified atom stereocenters. The number of rotatable bonds is 7. The van der Waals surface area contributed by atoms with Gasteiger partial charge in [-0.15, -0.1) is 0 Å². The smallest absolute Gasteiger partial charge is 0.243 e. The molecule has 18 heteroatoms. The van der Waals surface area contributed by atoms with Crippen molar-refractivity contribution < 1.29 is 79.7 Å². The first-order chi connectivity index (χ1) is 11.0. The van der Waals surface area contributed by atoms with E-state index < -0.39 is 48.4 Å². The lowest BCUT2D eigenvalue weighted by Crippen LogP contribution is -2.59. The van der Waals surface area contributed by atoms with Crippen molar-refractivity contribution in [1.29, 1.82) is 0 Å². The largest absolute Gasteiger partial charge is 0.462 e. The van der Waals surface area contributed by atoms with E-state index in [2.05, 4.69) is 0 Å². The molecule has 0 radical (unpaired) electrons. The molecule has 0 N–H and O–H groups in total. The number of hydrogen-bond donors (Lipinski definition) is 0. The zero-order valence-corrected chi connectivity index (χ0v) is 10.9. The predicted octanol–water partition coefficient (Wildman–Crippen LogP) is 5.67. The quantitative estimate of drug-likeness (QED) is 0.484. The molecule has 0 spiro atoms. The third-order valence-corrected chi connectivity index (χ3v) is 1.99. The van der Waals surface area contributed by atoms with Crippen molar-refractivity contribution in [2.24, 2.45) is 0 Å². The predicted molar refractivity (Wildman–Crippen MR) is 43.3 cm³/mol. The van der Waals surface area contributed by atoms with Crippen LogP contribution in [0.1, 0.15) is 0 Å². The lowest BCUT2D eigenvalue weighted by molar-refractivity contribution is -0.538. The molecule has 0 aliphatic heterocycles. The van der Waals surface area contributed by atoms with Crippen LogP contribution >= 0.6 is 0 Å². The fourth-order valence-corrected chi connectivity index (χ4v) is 0.825. The highest BCUT2D eigenvalue weighted by Crippen LogP contribution is 2.52. The van der Waals surface area contributed by atoms with Gasteiger partial charge in [-0.1, -0.05) is 0 Å². The minimum absolute atomic E-state index is 1.30. The average molecular weight is 432 g/mol. The maximum Gasteiger partial charge on any atom is 0.462 e. The van der Waals surface area contributed by atoms with Gasteiger partial charge < -0.3 is 0 Å². The molecule has 0 bridgehead atoms. The molecule has 0 aliphatic rings. The van der Waals surface area contributed by atoms with Crippen LogP contribution in [0, 0.1) is 0 Å². The highest BCUT2D eigenvalue weighted by molar-refractivity contribution is 5.00. The van der Waals surface area contributed by atoms with Crippen LogP contribution in [0.3, 0.4) is 0 Å². The summed E-state index contributed by atoms with van der Waals surface area (Å²) in [5.74, 6) is -11.8. The summed E-state index contributed by atoms with van der Waals surface area (Å²) in [7, 11) is 0. The topological polar surface area (TPSA) is 18.5 Å². The van der Waals surface area contributed by atoms with Gasteiger partial charge in [0, 0.05) is 0 Å². The normalized spacial score (nSPS) is 15.2. The third-order valence-electron chi connectivity index (χ3n) is 1.99. The van der Waals surface area contributed by atoms with Crippen molar-refractivity contribution in [3.63, 3.8) is 0 Å². The van der Waals surface area contributed by atoms with Gasteiger partial charge >= 0.3 is 42.6 Å². The standard InChI is InChI=1S/C8F16O2/c9-1(2(10)11)3(12,13)25-7(21,22)8(23,24)26-6(19,20)4(14,15)5(16,17)18. The Morgan fingerprint density at radius 3 is 1.15 bits per heavy atom. The molecule has 0 fully saturated rings. The lowest BCUT2D eigenvalue weighted by Gasteiger charge is -2.33. The molecular weight excluding hydrogens is 432 g/mol. The Hall–Kier alpha value is -1.46. The molecule has 26 heavy (non-hydrogen) atoms. The summed E-state index contributed by atoms with van der Waals surface area (Å²) in [6.45, 7) is 0. The van der Waals surface area contributed by atoms with E-state index >= 15 is 0 Å². The van der Waals surface area contributed by atoms with Crippen LogP contribution < -0.4 is 0 Å². The average Bonchev–Trinajstić information content (AvgIpc) is 2.33. The van der Waals surface area contributed by atoms with Gasteiger partial charge in [-0.25, -0.2) is 9.47 Å². The van der Waals surface area contributed by atoms with Gasteiger partial charge in [0.15, 0.2) is 0 Å². The van der Waals surface area contributed by atoms with Gasteiger partial charge in [0.05, 0.1) is 0 Å². The maximum absolute atomic E-state index is 12.7. The lowest BCUT2D eigenvalue weighted by atomic mass is 10.3. The second kappa shape index (κ2) is 6.61. The molecule has 0 heterocycles. The number of ether oxygens (including phenoxy) is 2. The summed E-state index contributed by atoms with van der Waals surface area (Å²) < 4.78 is 198. The first-order valence-electron chi connectivity index (χ1n) is 5.09. The van der Waals surface area contributed by atoms with Gasteiger partial charge in [-0.05, 0) is 0 Å². The molecule has 0 saturated heterocycles.